The van der Waals surface area contributed by atoms with Gasteiger partial charge >= 0.3 is 6.09 Å². The number of ether oxygens (including phenoxy) is 1. The van der Waals surface area contributed by atoms with Crippen LogP contribution in [0.3, 0.4) is 0 Å². The Morgan fingerprint density at radius 3 is 2.87 bits per heavy atom. The standard InChI is InChI=1S/C21H22FN7O2/c1-12(13-4-6-29(7-5-13)21(30)31-3)27-20-26-11-17(23-2)18(28-20)16-10-25-19-15(16)8-14(22)9-24-19/h8-13H,4-7H2,1,3H3,(H,24,25)(H,26,27,28). The number of likely N-dealkylation sites (tertiary alicyclic amines) is 1. The number of fused-ring (bicyclic) bond motifs is 1. The van der Waals surface area contributed by atoms with Crippen molar-refractivity contribution < 1.29 is 13.9 Å². The number of nitrogens with one attached hydrogen (secondary N) is 2. The SMILES string of the molecule is [C-]#[N+]c1cnc(NC(C)C2CCN(C(=O)OC)CC2)nc1-c1c[nH]c2ncc(F)cc12. The van der Waals surface area contributed by atoms with Gasteiger partial charge in [-0.25, -0.2) is 29.0 Å². The highest BCUT2D eigenvalue weighted by atomic mass is 19.1. The van der Waals surface area contributed by atoms with Crippen LogP contribution >= 0.6 is 0 Å². The molecule has 1 atom stereocenters. The van der Waals surface area contributed by atoms with Crippen molar-refractivity contribution in [2.24, 2.45) is 5.92 Å². The van der Waals surface area contributed by atoms with Gasteiger partial charge in [0.15, 0.2) is 0 Å². The summed E-state index contributed by atoms with van der Waals surface area (Å²) in [7, 11) is 1.39. The lowest BCUT2D eigenvalue weighted by molar-refractivity contribution is 0.104. The van der Waals surface area contributed by atoms with Crippen LogP contribution in [0.4, 0.5) is 20.8 Å². The topological polar surface area (TPSA) is 100 Å². The number of methoxy groups -OCH3 is 1. The Kier molecular flexibility index (Phi) is 5.66. The minimum absolute atomic E-state index is 0.0634. The number of hydrogen-bond donors (Lipinski definition) is 2. The summed E-state index contributed by atoms with van der Waals surface area (Å²) < 4.78 is 18.5. The van der Waals surface area contributed by atoms with Gasteiger partial charge in [0.05, 0.1) is 25.6 Å². The zero-order valence-electron chi connectivity index (χ0n) is 17.2. The van der Waals surface area contributed by atoms with E-state index in [1.807, 2.05) is 0 Å². The van der Waals surface area contributed by atoms with Gasteiger partial charge in [-0.1, -0.05) is 0 Å². The van der Waals surface area contributed by atoms with Crippen LogP contribution in [0, 0.1) is 18.3 Å². The van der Waals surface area contributed by atoms with Gasteiger partial charge in [0.1, 0.15) is 11.5 Å². The molecule has 1 unspecified atom stereocenters. The summed E-state index contributed by atoms with van der Waals surface area (Å²) in [6.07, 6.45) is 5.65. The van der Waals surface area contributed by atoms with E-state index in [0.29, 0.717) is 47.2 Å². The highest BCUT2D eigenvalue weighted by molar-refractivity contribution is 5.96. The van der Waals surface area contributed by atoms with Gasteiger partial charge in [0, 0.05) is 42.5 Å². The highest BCUT2D eigenvalue weighted by Gasteiger charge is 2.27. The van der Waals surface area contributed by atoms with Crippen LogP contribution < -0.4 is 5.32 Å². The van der Waals surface area contributed by atoms with Crippen molar-refractivity contribution in [3.05, 3.63) is 41.9 Å². The average molecular weight is 423 g/mol. The maximum Gasteiger partial charge on any atom is 0.409 e. The molecule has 0 bridgehead atoms. The minimum Gasteiger partial charge on any atom is -0.453 e. The molecule has 1 saturated heterocycles. The molecule has 160 valence electrons. The molecule has 1 aliphatic rings. The number of amides is 1. The maximum absolute atomic E-state index is 13.7. The van der Waals surface area contributed by atoms with Gasteiger partial charge in [-0.2, -0.15) is 0 Å². The minimum atomic E-state index is -0.461. The van der Waals surface area contributed by atoms with Crippen LogP contribution in [0.15, 0.2) is 24.7 Å². The van der Waals surface area contributed by atoms with Gasteiger partial charge in [-0.15, -0.1) is 0 Å². The van der Waals surface area contributed by atoms with E-state index in [0.717, 1.165) is 19.0 Å². The van der Waals surface area contributed by atoms with Crippen LogP contribution in [-0.2, 0) is 4.74 Å². The molecule has 10 heteroatoms. The highest BCUT2D eigenvalue weighted by Crippen LogP contribution is 2.34. The molecule has 3 aromatic heterocycles. The Bertz CT molecular complexity index is 1150. The first-order valence-electron chi connectivity index (χ1n) is 9.97. The molecule has 3 aromatic rings. The van der Waals surface area contributed by atoms with Crippen LogP contribution in [0.25, 0.3) is 27.1 Å². The van der Waals surface area contributed by atoms with Gasteiger partial charge in [-0.3, -0.25) is 0 Å². The number of hydrogen-bond acceptors (Lipinski definition) is 6. The van der Waals surface area contributed by atoms with Crippen molar-refractivity contribution in [3.8, 4) is 11.3 Å². The van der Waals surface area contributed by atoms with Gasteiger partial charge in [0.2, 0.25) is 11.6 Å². The van der Waals surface area contributed by atoms with Crippen molar-refractivity contribution in [1.82, 2.24) is 24.8 Å². The van der Waals surface area contributed by atoms with E-state index in [1.54, 1.807) is 11.1 Å². The molecule has 31 heavy (non-hydrogen) atoms. The third-order valence-electron chi connectivity index (χ3n) is 5.68. The molecule has 0 aliphatic carbocycles. The molecule has 0 aromatic carbocycles. The Balaban J connectivity index is 1.55. The lowest BCUT2D eigenvalue weighted by Crippen LogP contribution is -2.42. The van der Waals surface area contributed by atoms with Crippen molar-refractivity contribution in [1.29, 1.82) is 0 Å². The van der Waals surface area contributed by atoms with Crippen LogP contribution in [0.2, 0.25) is 0 Å². The molecule has 0 radical (unpaired) electrons. The van der Waals surface area contributed by atoms with E-state index in [9.17, 15) is 9.18 Å². The fourth-order valence-corrected chi connectivity index (χ4v) is 3.93. The molecule has 9 nitrogen and oxygen atoms in total. The number of pyridine rings is 1. The van der Waals surface area contributed by atoms with Gasteiger partial charge in [-0.05, 0) is 31.7 Å². The first-order valence-corrected chi connectivity index (χ1v) is 9.97. The van der Waals surface area contributed by atoms with Crippen molar-refractivity contribution >= 4 is 28.8 Å². The first kappa shape index (κ1) is 20.5. The third kappa shape index (κ3) is 4.12. The molecule has 1 fully saturated rings. The lowest BCUT2D eigenvalue weighted by Gasteiger charge is -2.34. The quantitative estimate of drug-likeness (QED) is 0.616. The number of H-pyrrole nitrogens is 1. The molecular weight excluding hydrogens is 401 g/mol. The third-order valence-corrected chi connectivity index (χ3v) is 5.68. The van der Waals surface area contributed by atoms with E-state index >= 15 is 0 Å². The fraction of sp³-hybridized carbons (Fsp3) is 0.381. The second-order valence-electron chi connectivity index (χ2n) is 7.52. The Labute approximate surface area is 178 Å². The van der Waals surface area contributed by atoms with E-state index in [1.165, 1.54) is 19.4 Å². The average Bonchev–Trinajstić information content (AvgIpc) is 3.21. The number of anilines is 1. The zero-order chi connectivity index (χ0) is 22.0. The molecule has 1 amide bonds. The first-order chi connectivity index (χ1) is 15.0. The summed E-state index contributed by atoms with van der Waals surface area (Å²) >= 11 is 0. The van der Waals surface area contributed by atoms with E-state index in [4.69, 9.17) is 11.3 Å². The summed E-state index contributed by atoms with van der Waals surface area (Å²) in [6, 6.07) is 1.43. The normalized spacial score (nSPS) is 15.5. The monoisotopic (exact) mass is 423 g/mol. The fourth-order valence-electron chi connectivity index (χ4n) is 3.93. The van der Waals surface area contributed by atoms with E-state index < -0.39 is 5.82 Å². The maximum atomic E-state index is 13.7. The predicted molar refractivity (Wildman–Crippen MR) is 113 cm³/mol. The Morgan fingerprint density at radius 1 is 1.39 bits per heavy atom. The van der Waals surface area contributed by atoms with Gasteiger partial charge < -0.3 is 19.9 Å². The van der Waals surface area contributed by atoms with Crippen molar-refractivity contribution in [3.63, 3.8) is 0 Å². The van der Waals surface area contributed by atoms with Crippen molar-refractivity contribution in [2.75, 3.05) is 25.5 Å². The summed E-state index contributed by atoms with van der Waals surface area (Å²) in [4.78, 5) is 32.8. The summed E-state index contributed by atoms with van der Waals surface area (Å²) in [5.74, 6) is 0.265. The summed E-state index contributed by atoms with van der Waals surface area (Å²) in [5, 5.41) is 3.88. The molecule has 1 aliphatic heterocycles. The van der Waals surface area contributed by atoms with Gasteiger partial charge in [0.25, 0.3) is 0 Å². The molecule has 4 heterocycles. The van der Waals surface area contributed by atoms with Crippen LogP contribution in [0.5, 0.6) is 0 Å². The second kappa shape index (κ2) is 8.55. The number of carbonyl (C=O) groups excluding carboxylic acids is 1. The number of rotatable bonds is 4. The van der Waals surface area contributed by atoms with E-state index in [2.05, 4.69) is 37.0 Å². The molecule has 0 saturated carbocycles. The molecule has 0 spiro atoms. The Morgan fingerprint density at radius 2 is 2.16 bits per heavy atom. The molecule has 4 rings (SSSR count). The summed E-state index contributed by atoms with van der Waals surface area (Å²) in [5.41, 5.74) is 1.80. The number of nitrogens with zero attached hydrogens (tertiary/aromatic N) is 5. The Hall–Kier alpha value is -3.74. The van der Waals surface area contributed by atoms with E-state index in [-0.39, 0.29) is 17.8 Å². The molecular formula is C21H22FN7O2. The number of aromatic nitrogens is 4. The lowest BCUT2D eigenvalue weighted by atomic mass is 9.90. The summed E-state index contributed by atoms with van der Waals surface area (Å²) in [6.45, 7) is 10.8. The largest absolute Gasteiger partial charge is 0.453 e. The number of carbonyl (C=O) groups is 1. The molecule has 2 N–H and O–H groups in total. The van der Waals surface area contributed by atoms with Crippen molar-refractivity contribution in [2.45, 2.75) is 25.8 Å². The predicted octanol–water partition coefficient (Wildman–Crippen LogP) is 3.99. The second-order valence-corrected chi connectivity index (χ2v) is 7.52. The number of piperidine rings is 1. The number of aromatic amines is 1. The zero-order valence-corrected chi connectivity index (χ0v) is 17.2. The van der Waals surface area contributed by atoms with Crippen LogP contribution in [-0.4, -0.2) is 57.2 Å². The number of halogens is 1. The smallest absolute Gasteiger partial charge is 0.409 e. The van der Waals surface area contributed by atoms with Crippen LogP contribution in [0.1, 0.15) is 19.8 Å².